The van der Waals surface area contributed by atoms with Crippen molar-refractivity contribution in [3.8, 4) is 5.75 Å². The van der Waals surface area contributed by atoms with Crippen LogP contribution in [0.15, 0.2) is 47.6 Å². The molecule has 3 N–H and O–H groups in total. The fourth-order valence-electron chi connectivity index (χ4n) is 2.86. The third-order valence-corrected chi connectivity index (χ3v) is 5.26. The van der Waals surface area contributed by atoms with Crippen molar-refractivity contribution in [3.63, 3.8) is 0 Å². The van der Waals surface area contributed by atoms with Crippen LogP contribution >= 0.6 is 11.8 Å². The molecule has 0 saturated carbocycles. The van der Waals surface area contributed by atoms with Crippen LogP contribution in [-0.4, -0.2) is 42.1 Å². The first-order valence-corrected chi connectivity index (χ1v) is 9.96. The summed E-state index contributed by atoms with van der Waals surface area (Å²) in [5, 5.41) is 3.49. The lowest BCUT2D eigenvalue weighted by Gasteiger charge is -2.30. The van der Waals surface area contributed by atoms with Crippen LogP contribution < -0.4 is 15.8 Å². The van der Waals surface area contributed by atoms with Crippen molar-refractivity contribution in [1.29, 1.82) is 0 Å². The van der Waals surface area contributed by atoms with Crippen LogP contribution in [0.2, 0.25) is 0 Å². The number of hydrogen-bond acceptors (Lipinski definition) is 7. The maximum Gasteiger partial charge on any atom is 0.274 e. The Labute approximate surface area is 168 Å². The van der Waals surface area contributed by atoms with E-state index in [4.69, 9.17) is 15.2 Å². The number of anilines is 1. The van der Waals surface area contributed by atoms with Gasteiger partial charge in [-0.2, -0.15) is 0 Å². The van der Waals surface area contributed by atoms with Gasteiger partial charge < -0.3 is 20.5 Å². The number of thioether (sulfide) groups is 1. The Morgan fingerprint density at radius 3 is 2.89 bits per heavy atom. The van der Waals surface area contributed by atoms with E-state index in [0.29, 0.717) is 35.5 Å². The van der Waals surface area contributed by atoms with Gasteiger partial charge in [0.05, 0.1) is 18.3 Å². The summed E-state index contributed by atoms with van der Waals surface area (Å²) < 4.78 is 10.4. The second-order valence-electron chi connectivity index (χ2n) is 6.58. The summed E-state index contributed by atoms with van der Waals surface area (Å²) in [4.78, 5) is 21.3. The Kier molecular flexibility index (Phi) is 6.53. The van der Waals surface area contributed by atoms with E-state index < -0.39 is 0 Å². The molecule has 1 amide bonds. The number of amidine groups is 1. The summed E-state index contributed by atoms with van der Waals surface area (Å²) in [6, 6.07) is 11.0. The molecule has 0 bridgehead atoms. The van der Waals surface area contributed by atoms with Gasteiger partial charge in [0.2, 0.25) is 0 Å². The van der Waals surface area contributed by atoms with Crippen LogP contribution in [0.3, 0.4) is 0 Å². The number of ether oxygens (including phenoxy) is 2. The summed E-state index contributed by atoms with van der Waals surface area (Å²) in [6.07, 6.45) is 2.42. The van der Waals surface area contributed by atoms with Crippen LogP contribution in [0.25, 0.3) is 0 Å². The Hall–Kier alpha value is -2.58. The number of carbonyl (C=O) groups excluding carboxylic acids is 1. The van der Waals surface area contributed by atoms with E-state index in [-0.39, 0.29) is 11.4 Å². The Morgan fingerprint density at radius 1 is 1.32 bits per heavy atom. The first-order chi connectivity index (χ1) is 13.5. The molecule has 1 atom stereocenters. The number of aliphatic imine (C=N–C) groups is 1. The van der Waals surface area contributed by atoms with Crippen molar-refractivity contribution < 1.29 is 14.3 Å². The molecule has 0 spiro atoms. The lowest BCUT2D eigenvalue weighted by molar-refractivity contribution is 0.102. The van der Waals surface area contributed by atoms with Crippen LogP contribution in [0.4, 0.5) is 5.69 Å². The number of methoxy groups -OCH3 is 1. The van der Waals surface area contributed by atoms with E-state index >= 15 is 0 Å². The predicted molar refractivity (Wildman–Crippen MR) is 112 cm³/mol. The molecule has 2 aromatic rings. The second-order valence-corrected chi connectivity index (χ2v) is 7.69. The molecular weight excluding hydrogens is 376 g/mol. The zero-order valence-electron chi connectivity index (χ0n) is 16.0. The molecular formula is C20H24N4O3S. The summed E-state index contributed by atoms with van der Waals surface area (Å²) in [5.41, 5.74) is 7.55. The standard InChI is InChI=1S/C20H24N4O3S/c1-20(8-11-28-19(21)24-20)14-4-3-5-15(12-14)23-18(25)17-7-6-16(13-22-17)27-10-9-26-2/h3-7,12-13H,8-11H2,1-2H3,(H2,21,24)(H,23,25)/t20-/m0/s1. The predicted octanol–water partition coefficient (Wildman–Crippen LogP) is 3.03. The number of nitrogens with zero attached hydrogens (tertiary/aromatic N) is 2. The van der Waals surface area contributed by atoms with Crippen molar-refractivity contribution in [2.24, 2.45) is 10.7 Å². The van der Waals surface area contributed by atoms with E-state index in [0.717, 1.165) is 17.7 Å². The molecule has 2 heterocycles. The van der Waals surface area contributed by atoms with Gasteiger partial charge in [0.15, 0.2) is 5.17 Å². The minimum atomic E-state index is -0.379. The number of aromatic nitrogens is 1. The minimum Gasteiger partial charge on any atom is -0.490 e. The number of benzene rings is 1. The highest BCUT2D eigenvalue weighted by Crippen LogP contribution is 2.35. The summed E-state index contributed by atoms with van der Waals surface area (Å²) >= 11 is 1.57. The Bertz CT molecular complexity index is 857. The van der Waals surface area contributed by atoms with Crippen molar-refractivity contribution in [2.45, 2.75) is 18.9 Å². The first-order valence-electron chi connectivity index (χ1n) is 8.98. The van der Waals surface area contributed by atoms with Crippen LogP contribution in [0.1, 0.15) is 29.4 Å². The van der Waals surface area contributed by atoms with Crippen LogP contribution in [-0.2, 0) is 10.3 Å². The van der Waals surface area contributed by atoms with Crippen LogP contribution in [0.5, 0.6) is 5.75 Å². The summed E-state index contributed by atoms with van der Waals surface area (Å²) in [7, 11) is 1.61. The van der Waals surface area contributed by atoms with Gasteiger partial charge in [0, 0.05) is 18.6 Å². The molecule has 3 rings (SSSR count). The molecule has 8 heteroatoms. The lowest BCUT2D eigenvalue weighted by atomic mass is 9.89. The zero-order chi connectivity index (χ0) is 20.0. The highest BCUT2D eigenvalue weighted by Gasteiger charge is 2.29. The largest absolute Gasteiger partial charge is 0.490 e. The topological polar surface area (TPSA) is 98.8 Å². The molecule has 1 aliphatic rings. The average Bonchev–Trinajstić information content (AvgIpc) is 2.69. The van der Waals surface area contributed by atoms with E-state index in [9.17, 15) is 4.79 Å². The van der Waals surface area contributed by atoms with E-state index in [1.807, 2.05) is 24.3 Å². The third kappa shape index (κ3) is 5.02. The smallest absolute Gasteiger partial charge is 0.274 e. The Balaban J connectivity index is 1.68. The number of nitrogens with two attached hydrogens (primary N) is 1. The minimum absolute atomic E-state index is 0.284. The SMILES string of the molecule is COCCOc1ccc(C(=O)Nc2cccc([C@]3(C)CCSC(N)=N3)c2)nc1. The summed E-state index contributed by atoms with van der Waals surface area (Å²) in [5.74, 6) is 1.23. The highest BCUT2D eigenvalue weighted by atomic mass is 32.2. The molecule has 0 unspecified atom stereocenters. The first kappa shape index (κ1) is 20.2. The fourth-order valence-corrected chi connectivity index (χ4v) is 3.84. The molecule has 7 nitrogen and oxygen atoms in total. The number of hydrogen-bond donors (Lipinski definition) is 2. The number of rotatable bonds is 7. The van der Waals surface area contributed by atoms with Gasteiger partial charge in [0.1, 0.15) is 18.1 Å². The molecule has 148 valence electrons. The molecule has 1 aliphatic heterocycles. The average molecular weight is 401 g/mol. The Morgan fingerprint density at radius 2 is 2.18 bits per heavy atom. The van der Waals surface area contributed by atoms with Crippen molar-refractivity contribution >= 4 is 28.5 Å². The molecule has 0 aliphatic carbocycles. The van der Waals surface area contributed by atoms with E-state index in [1.54, 1.807) is 31.0 Å². The lowest BCUT2D eigenvalue weighted by Crippen LogP contribution is -2.28. The molecule has 1 aromatic carbocycles. The fraction of sp³-hybridized carbons (Fsp3) is 0.350. The van der Waals surface area contributed by atoms with Crippen molar-refractivity contribution in [1.82, 2.24) is 4.98 Å². The summed E-state index contributed by atoms with van der Waals surface area (Å²) in [6.45, 7) is 2.98. The van der Waals surface area contributed by atoms with Gasteiger partial charge in [0.25, 0.3) is 5.91 Å². The normalized spacial score (nSPS) is 19.0. The van der Waals surface area contributed by atoms with Gasteiger partial charge in [-0.3, -0.25) is 9.79 Å². The van der Waals surface area contributed by atoms with E-state index in [1.165, 1.54) is 6.20 Å². The van der Waals surface area contributed by atoms with Gasteiger partial charge in [-0.05, 0) is 43.2 Å². The molecule has 0 fully saturated rings. The maximum absolute atomic E-state index is 12.5. The van der Waals surface area contributed by atoms with Crippen LogP contribution in [0, 0.1) is 0 Å². The van der Waals surface area contributed by atoms with Gasteiger partial charge in [-0.25, -0.2) is 4.98 Å². The third-order valence-electron chi connectivity index (χ3n) is 4.46. The van der Waals surface area contributed by atoms with Crippen molar-refractivity contribution in [2.75, 3.05) is 31.4 Å². The second kappa shape index (κ2) is 9.07. The maximum atomic E-state index is 12.5. The van der Waals surface area contributed by atoms with Gasteiger partial charge in [-0.1, -0.05) is 23.9 Å². The number of amides is 1. The van der Waals surface area contributed by atoms with Gasteiger partial charge in [-0.15, -0.1) is 0 Å². The molecule has 1 aromatic heterocycles. The van der Waals surface area contributed by atoms with Gasteiger partial charge >= 0.3 is 0 Å². The molecule has 0 saturated heterocycles. The molecule has 28 heavy (non-hydrogen) atoms. The monoisotopic (exact) mass is 400 g/mol. The number of nitrogens with one attached hydrogen (secondary N) is 1. The number of pyridine rings is 1. The zero-order valence-corrected chi connectivity index (χ0v) is 16.8. The quantitative estimate of drug-likeness (QED) is 0.693. The van der Waals surface area contributed by atoms with Crippen molar-refractivity contribution in [3.05, 3.63) is 53.9 Å². The molecule has 0 radical (unpaired) electrons. The number of carbonyl (C=O) groups is 1. The highest BCUT2D eigenvalue weighted by molar-refractivity contribution is 8.13. The van der Waals surface area contributed by atoms with E-state index in [2.05, 4.69) is 22.2 Å².